The molecule has 1 aromatic rings. The zero-order chi connectivity index (χ0) is 14.4. The van der Waals surface area contributed by atoms with Crippen LogP contribution in [0.25, 0.3) is 0 Å². The SMILES string of the molecule is CC(C)N(CCOc1cc(CO)c(Cl)cn1)C(C)C. The van der Waals surface area contributed by atoms with Crippen LogP contribution in [0.5, 0.6) is 5.88 Å². The molecule has 0 bridgehead atoms. The monoisotopic (exact) mass is 286 g/mol. The second kappa shape index (κ2) is 7.68. The minimum Gasteiger partial charge on any atom is -0.476 e. The van der Waals surface area contributed by atoms with Gasteiger partial charge in [-0.1, -0.05) is 11.6 Å². The second-order valence-corrected chi connectivity index (χ2v) is 5.45. The third-order valence-corrected chi connectivity index (χ3v) is 3.35. The van der Waals surface area contributed by atoms with Gasteiger partial charge in [-0.2, -0.15) is 0 Å². The minimum absolute atomic E-state index is 0.109. The fraction of sp³-hybridized carbons (Fsp3) is 0.643. The Balaban J connectivity index is 2.53. The molecule has 0 radical (unpaired) electrons. The van der Waals surface area contributed by atoms with Gasteiger partial charge in [-0.05, 0) is 27.7 Å². The first kappa shape index (κ1) is 16.2. The standard InChI is InChI=1S/C14H23ClN2O2/c1-10(2)17(11(3)4)5-6-19-14-7-12(9-18)13(15)8-16-14/h7-8,10-11,18H,5-6,9H2,1-4H3. The molecule has 1 aromatic heterocycles. The van der Waals surface area contributed by atoms with Crippen molar-refractivity contribution in [2.24, 2.45) is 0 Å². The van der Waals surface area contributed by atoms with Crippen LogP contribution in [0.2, 0.25) is 5.02 Å². The third kappa shape index (κ3) is 4.97. The zero-order valence-corrected chi connectivity index (χ0v) is 12.8. The molecule has 19 heavy (non-hydrogen) atoms. The number of hydrogen-bond donors (Lipinski definition) is 1. The van der Waals surface area contributed by atoms with Crippen molar-refractivity contribution in [3.05, 3.63) is 22.8 Å². The van der Waals surface area contributed by atoms with Crippen LogP contribution in [0, 0.1) is 0 Å². The van der Waals surface area contributed by atoms with Crippen molar-refractivity contribution in [1.29, 1.82) is 0 Å². The molecule has 4 nitrogen and oxygen atoms in total. The van der Waals surface area contributed by atoms with E-state index < -0.39 is 0 Å². The Hall–Kier alpha value is -0.840. The van der Waals surface area contributed by atoms with Gasteiger partial charge >= 0.3 is 0 Å². The highest BCUT2D eigenvalue weighted by molar-refractivity contribution is 6.31. The maximum atomic E-state index is 9.13. The Morgan fingerprint density at radius 2 is 1.95 bits per heavy atom. The van der Waals surface area contributed by atoms with Gasteiger partial charge < -0.3 is 9.84 Å². The molecule has 0 aromatic carbocycles. The predicted octanol–water partition coefficient (Wildman–Crippen LogP) is 2.72. The highest BCUT2D eigenvalue weighted by Gasteiger charge is 2.13. The summed E-state index contributed by atoms with van der Waals surface area (Å²) in [4.78, 5) is 6.44. The fourth-order valence-corrected chi connectivity index (χ4v) is 2.19. The molecule has 5 heteroatoms. The van der Waals surface area contributed by atoms with E-state index in [0.717, 1.165) is 6.54 Å². The van der Waals surface area contributed by atoms with Crippen LogP contribution in [0.4, 0.5) is 0 Å². The lowest BCUT2D eigenvalue weighted by Crippen LogP contribution is -2.39. The Labute approximate surface area is 120 Å². The molecule has 0 aliphatic heterocycles. The number of aromatic nitrogens is 1. The van der Waals surface area contributed by atoms with Crippen LogP contribution in [-0.4, -0.2) is 40.2 Å². The average Bonchev–Trinajstić information content (AvgIpc) is 2.35. The maximum Gasteiger partial charge on any atom is 0.213 e. The Morgan fingerprint density at radius 1 is 1.32 bits per heavy atom. The van der Waals surface area contributed by atoms with E-state index in [2.05, 4.69) is 37.6 Å². The van der Waals surface area contributed by atoms with E-state index >= 15 is 0 Å². The van der Waals surface area contributed by atoms with E-state index in [1.807, 2.05) is 0 Å². The van der Waals surface area contributed by atoms with Crippen molar-refractivity contribution < 1.29 is 9.84 Å². The van der Waals surface area contributed by atoms with Gasteiger partial charge in [-0.25, -0.2) is 4.98 Å². The summed E-state index contributed by atoms with van der Waals surface area (Å²) in [5.74, 6) is 0.501. The number of ether oxygens (including phenoxy) is 1. The Bertz CT molecular complexity index is 389. The molecule has 0 saturated carbocycles. The van der Waals surface area contributed by atoms with Crippen molar-refractivity contribution >= 4 is 11.6 Å². The van der Waals surface area contributed by atoms with Gasteiger partial charge in [-0.15, -0.1) is 0 Å². The summed E-state index contributed by atoms with van der Waals surface area (Å²) < 4.78 is 5.61. The number of nitrogens with zero attached hydrogens (tertiary/aromatic N) is 2. The fourth-order valence-electron chi connectivity index (χ4n) is 2.03. The number of pyridine rings is 1. The molecular weight excluding hydrogens is 264 g/mol. The summed E-state index contributed by atoms with van der Waals surface area (Å²) in [6, 6.07) is 2.64. The highest BCUT2D eigenvalue weighted by atomic mass is 35.5. The van der Waals surface area contributed by atoms with Crippen molar-refractivity contribution in [3.8, 4) is 5.88 Å². The summed E-state index contributed by atoms with van der Waals surface area (Å²) >= 11 is 5.88. The van der Waals surface area contributed by atoms with Crippen LogP contribution in [0.1, 0.15) is 33.3 Å². The molecule has 0 atom stereocenters. The van der Waals surface area contributed by atoms with E-state index in [4.69, 9.17) is 21.4 Å². The number of halogens is 1. The van der Waals surface area contributed by atoms with E-state index in [1.165, 1.54) is 6.20 Å². The summed E-state index contributed by atoms with van der Waals surface area (Å²) in [6.07, 6.45) is 1.51. The van der Waals surface area contributed by atoms with Gasteiger partial charge in [0.2, 0.25) is 5.88 Å². The molecule has 0 aliphatic carbocycles. The van der Waals surface area contributed by atoms with Gasteiger partial charge in [0, 0.05) is 36.5 Å². The molecule has 0 unspecified atom stereocenters. The maximum absolute atomic E-state index is 9.13. The van der Waals surface area contributed by atoms with E-state index in [0.29, 0.717) is 35.2 Å². The molecule has 0 fully saturated rings. The Kier molecular flexibility index (Phi) is 6.55. The number of hydrogen-bond acceptors (Lipinski definition) is 4. The van der Waals surface area contributed by atoms with Gasteiger partial charge in [0.05, 0.1) is 11.6 Å². The van der Waals surface area contributed by atoms with Crippen LogP contribution >= 0.6 is 11.6 Å². The molecule has 1 N–H and O–H groups in total. The topological polar surface area (TPSA) is 45.6 Å². The van der Waals surface area contributed by atoms with Crippen LogP contribution < -0.4 is 4.74 Å². The average molecular weight is 287 g/mol. The molecule has 1 heterocycles. The normalized spacial score (nSPS) is 11.6. The summed E-state index contributed by atoms with van der Waals surface area (Å²) in [5, 5.41) is 9.59. The largest absolute Gasteiger partial charge is 0.476 e. The van der Waals surface area contributed by atoms with Crippen molar-refractivity contribution in [3.63, 3.8) is 0 Å². The second-order valence-electron chi connectivity index (χ2n) is 5.05. The first-order valence-electron chi connectivity index (χ1n) is 6.59. The summed E-state index contributed by atoms with van der Waals surface area (Å²) in [6.45, 7) is 9.98. The zero-order valence-electron chi connectivity index (χ0n) is 12.1. The van der Waals surface area contributed by atoms with Crippen molar-refractivity contribution in [1.82, 2.24) is 9.88 Å². The van der Waals surface area contributed by atoms with Gasteiger partial charge in [0.15, 0.2) is 0 Å². The minimum atomic E-state index is -0.109. The molecule has 1 rings (SSSR count). The van der Waals surface area contributed by atoms with Gasteiger partial charge in [-0.3, -0.25) is 4.90 Å². The predicted molar refractivity (Wildman–Crippen MR) is 77.6 cm³/mol. The number of aliphatic hydroxyl groups excluding tert-OH is 1. The van der Waals surface area contributed by atoms with E-state index in [1.54, 1.807) is 6.07 Å². The first-order valence-corrected chi connectivity index (χ1v) is 6.97. The lowest BCUT2D eigenvalue weighted by molar-refractivity contribution is 0.140. The highest BCUT2D eigenvalue weighted by Crippen LogP contribution is 2.19. The lowest BCUT2D eigenvalue weighted by Gasteiger charge is -2.30. The van der Waals surface area contributed by atoms with Crippen molar-refractivity contribution in [2.75, 3.05) is 13.2 Å². The third-order valence-electron chi connectivity index (χ3n) is 3.01. The molecule has 108 valence electrons. The van der Waals surface area contributed by atoms with Gasteiger partial charge in [0.25, 0.3) is 0 Å². The number of aliphatic hydroxyl groups is 1. The van der Waals surface area contributed by atoms with E-state index in [-0.39, 0.29) is 6.61 Å². The van der Waals surface area contributed by atoms with Crippen LogP contribution in [-0.2, 0) is 6.61 Å². The quantitative estimate of drug-likeness (QED) is 0.837. The Morgan fingerprint density at radius 3 is 2.47 bits per heavy atom. The molecule has 0 amide bonds. The van der Waals surface area contributed by atoms with Crippen molar-refractivity contribution in [2.45, 2.75) is 46.4 Å². The summed E-state index contributed by atoms with van der Waals surface area (Å²) in [5.41, 5.74) is 0.635. The lowest BCUT2D eigenvalue weighted by atomic mass is 10.2. The van der Waals surface area contributed by atoms with Crippen LogP contribution in [0.15, 0.2) is 12.3 Å². The van der Waals surface area contributed by atoms with E-state index in [9.17, 15) is 0 Å². The first-order chi connectivity index (χ1) is 8.95. The number of rotatable bonds is 7. The smallest absolute Gasteiger partial charge is 0.213 e. The van der Waals surface area contributed by atoms with Gasteiger partial charge in [0.1, 0.15) is 6.61 Å². The molecule has 0 aliphatic rings. The molecular formula is C14H23ClN2O2. The summed E-state index contributed by atoms with van der Waals surface area (Å²) in [7, 11) is 0. The molecule has 0 spiro atoms. The van der Waals surface area contributed by atoms with Crippen LogP contribution in [0.3, 0.4) is 0 Å². The molecule has 0 saturated heterocycles.